The Morgan fingerprint density at radius 2 is 1.79 bits per heavy atom. The molecule has 1 unspecified atom stereocenters. The maximum Gasteiger partial charge on any atom is 0.339 e. The highest BCUT2D eigenvalue weighted by molar-refractivity contribution is 7.51. The molecular formula is C20H34N5O8P. The molecule has 0 fully saturated rings. The van der Waals surface area contributed by atoms with Gasteiger partial charge in [0.15, 0.2) is 5.84 Å². The molecule has 1 aromatic rings. The maximum absolute atomic E-state index is 12.1. The summed E-state index contributed by atoms with van der Waals surface area (Å²) in [6.07, 6.45) is 1.71. The van der Waals surface area contributed by atoms with E-state index in [0.717, 1.165) is 5.56 Å². The fourth-order valence-corrected chi connectivity index (χ4v) is 2.81. The average Bonchev–Trinajstić information content (AvgIpc) is 3.03. The van der Waals surface area contributed by atoms with Crippen LogP contribution in [0.25, 0.3) is 0 Å². The summed E-state index contributed by atoms with van der Waals surface area (Å²) in [5, 5.41) is 24.8. The Morgan fingerprint density at radius 1 is 1.24 bits per heavy atom. The van der Waals surface area contributed by atoms with Gasteiger partial charge in [-0.25, -0.2) is 9.79 Å². The van der Waals surface area contributed by atoms with Crippen LogP contribution in [0.2, 0.25) is 0 Å². The smallest absolute Gasteiger partial charge is 0.339 e. The van der Waals surface area contributed by atoms with Crippen molar-refractivity contribution in [1.82, 2.24) is 20.9 Å². The third-order valence-corrected chi connectivity index (χ3v) is 5.20. The second-order valence-electron chi connectivity index (χ2n) is 7.76. The standard InChI is InChI=1S/C15H19N3O3.C3H8NO5P.C2H7N/c1-5-9-6-10(13(19)20)11(16-7-9)12-17-14(21)15(4,18-12)8(2)3;5-3(6)1-4-2-10(7,8)9;1-3-2/h6-8H,5H2,1-4H3,(H,19,20)(H,17,18,21);4H,1-2H2,(H,5,6)(H2,7,8,9);3H,1-2H3. The molecule has 7 N–H and O–H groups in total. The van der Waals surface area contributed by atoms with E-state index in [2.05, 4.69) is 25.9 Å². The van der Waals surface area contributed by atoms with Gasteiger partial charge >= 0.3 is 19.5 Å². The number of aromatic nitrogens is 1. The number of nitrogens with zero attached hydrogens (tertiary/aromatic N) is 2. The minimum atomic E-state index is -4.10. The van der Waals surface area contributed by atoms with Crippen LogP contribution >= 0.6 is 7.60 Å². The average molecular weight is 503 g/mol. The number of carbonyl (C=O) groups excluding carboxylic acids is 1. The summed E-state index contributed by atoms with van der Waals surface area (Å²) >= 11 is 0. The third-order valence-electron chi connectivity index (χ3n) is 4.56. The van der Waals surface area contributed by atoms with Crippen LogP contribution in [-0.4, -0.2) is 81.1 Å². The van der Waals surface area contributed by atoms with Gasteiger partial charge in [-0.2, -0.15) is 0 Å². The number of amides is 1. The number of hydrogen-bond acceptors (Lipinski definition) is 8. The van der Waals surface area contributed by atoms with Crippen LogP contribution in [0.3, 0.4) is 0 Å². The van der Waals surface area contributed by atoms with Gasteiger partial charge in [0, 0.05) is 6.20 Å². The first-order valence-corrected chi connectivity index (χ1v) is 12.1. The molecular weight excluding hydrogens is 469 g/mol. The van der Waals surface area contributed by atoms with Crippen molar-refractivity contribution in [2.45, 2.75) is 39.7 Å². The molecule has 1 aliphatic heterocycles. The van der Waals surface area contributed by atoms with Crippen LogP contribution in [0.5, 0.6) is 0 Å². The fourth-order valence-electron chi connectivity index (χ4n) is 2.41. The number of amidine groups is 1. The number of carbonyl (C=O) groups is 3. The molecule has 1 amide bonds. The highest BCUT2D eigenvalue weighted by Gasteiger charge is 2.43. The molecule has 0 bridgehead atoms. The second kappa shape index (κ2) is 13.9. The van der Waals surface area contributed by atoms with Crippen molar-refractivity contribution >= 4 is 31.3 Å². The topological polar surface area (TPSA) is 211 Å². The Morgan fingerprint density at radius 3 is 2.18 bits per heavy atom. The van der Waals surface area contributed by atoms with Gasteiger partial charge in [0.25, 0.3) is 5.91 Å². The van der Waals surface area contributed by atoms with Crippen molar-refractivity contribution in [3.8, 4) is 0 Å². The minimum absolute atomic E-state index is 0.00167. The van der Waals surface area contributed by atoms with E-state index in [-0.39, 0.29) is 28.9 Å². The molecule has 0 saturated carbocycles. The van der Waals surface area contributed by atoms with Crippen LogP contribution in [0.15, 0.2) is 17.3 Å². The Bertz CT molecular complexity index is 947. The molecule has 34 heavy (non-hydrogen) atoms. The van der Waals surface area contributed by atoms with Crippen molar-refractivity contribution in [3.63, 3.8) is 0 Å². The van der Waals surface area contributed by atoms with Crippen molar-refractivity contribution in [1.29, 1.82) is 0 Å². The van der Waals surface area contributed by atoms with Crippen molar-refractivity contribution in [2.24, 2.45) is 10.9 Å². The third kappa shape index (κ3) is 10.1. The van der Waals surface area contributed by atoms with Crippen molar-refractivity contribution in [2.75, 3.05) is 26.9 Å². The van der Waals surface area contributed by atoms with Gasteiger partial charge < -0.3 is 30.6 Å². The van der Waals surface area contributed by atoms with E-state index in [4.69, 9.17) is 14.9 Å². The molecule has 0 spiro atoms. The number of aliphatic carboxylic acids is 1. The SMILES string of the molecule is CCc1cnc(C2=NC(C)(C(C)C)C(=O)N2)c(C(=O)O)c1.CNC.O=C(O)CNCP(=O)(O)O. The summed E-state index contributed by atoms with van der Waals surface area (Å²) in [4.78, 5) is 58.3. The normalized spacial score (nSPS) is 17.1. The van der Waals surface area contributed by atoms with Crippen LogP contribution in [0.4, 0.5) is 0 Å². The summed E-state index contributed by atoms with van der Waals surface area (Å²) in [6, 6.07) is 1.57. The van der Waals surface area contributed by atoms with Crippen LogP contribution in [0, 0.1) is 5.92 Å². The molecule has 192 valence electrons. The van der Waals surface area contributed by atoms with Crippen LogP contribution in [-0.2, 0) is 20.6 Å². The molecule has 13 nitrogen and oxygen atoms in total. The number of aliphatic imine (C=N–C) groups is 1. The number of nitrogens with one attached hydrogen (secondary N) is 3. The van der Waals surface area contributed by atoms with Gasteiger partial charge in [0.05, 0.1) is 18.4 Å². The summed E-state index contributed by atoms with van der Waals surface area (Å²) in [6.45, 7) is 7.02. The predicted molar refractivity (Wildman–Crippen MR) is 126 cm³/mol. The molecule has 1 atom stereocenters. The zero-order chi connectivity index (χ0) is 26.7. The van der Waals surface area contributed by atoms with Crippen molar-refractivity contribution in [3.05, 3.63) is 29.1 Å². The lowest BCUT2D eigenvalue weighted by molar-refractivity contribution is -0.135. The molecule has 0 radical (unpaired) electrons. The molecule has 2 rings (SSSR count). The Labute approximate surface area is 198 Å². The molecule has 0 saturated heterocycles. The van der Waals surface area contributed by atoms with E-state index in [0.29, 0.717) is 6.42 Å². The molecule has 0 aromatic carbocycles. The summed E-state index contributed by atoms with van der Waals surface area (Å²) in [5.41, 5.74) is 0.197. The first-order valence-electron chi connectivity index (χ1n) is 10.3. The Kier molecular flexibility index (Phi) is 12.8. The number of carboxylic acids is 2. The van der Waals surface area contributed by atoms with Crippen LogP contribution in [0.1, 0.15) is 49.3 Å². The van der Waals surface area contributed by atoms with Crippen LogP contribution < -0.4 is 16.0 Å². The molecule has 2 heterocycles. The lowest BCUT2D eigenvalue weighted by Gasteiger charge is -2.21. The highest BCUT2D eigenvalue weighted by atomic mass is 31.2. The zero-order valence-corrected chi connectivity index (χ0v) is 21.0. The molecule has 14 heteroatoms. The Balaban J connectivity index is 0.000000704. The van der Waals surface area contributed by atoms with Gasteiger partial charge in [-0.15, -0.1) is 0 Å². The van der Waals surface area contributed by atoms with Crippen molar-refractivity contribution < 1.29 is 38.9 Å². The van der Waals surface area contributed by atoms with E-state index >= 15 is 0 Å². The van der Waals surface area contributed by atoms with Gasteiger partial charge in [0.1, 0.15) is 11.2 Å². The molecule has 1 aliphatic rings. The second-order valence-corrected chi connectivity index (χ2v) is 9.40. The number of pyridine rings is 1. The largest absolute Gasteiger partial charge is 0.480 e. The number of aryl methyl sites for hydroxylation is 1. The number of hydrogen-bond donors (Lipinski definition) is 7. The maximum atomic E-state index is 12.1. The lowest BCUT2D eigenvalue weighted by atomic mass is 9.89. The van der Waals surface area contributed by atoms with Gasteiger partial charge in [-0.05, 0) is 45.0 Å². The predicted octanol–water partition coefficient (Wildman–Crippen LogP) is 0.265. The lowest BCUT2D eigenvalue weighted by Crippen LogP contribution is -2.41. The van der Waals surface area contributed by atoms with E-state index in [1.807, 2.05) is 34.9 Å². The Hall–Kier alpha value is -2.70. The monoisotopic (exact) mass is 503 g/mol. The summed E-state index contributed by atoms with van der Waals surface area (Å²) < 4.78 is 10.1. The quantitative estimate of drug-likeness (QED) is 0.239. The first-order chi connectivity index (χ1) is 15.6. The molecule has 1 aromatic heterocycles. The summed E-state index contributed by atoms with van der Waals surface area (Å²) in [7, 11) is -0.346. The van der Waals surface area contributed by atoms with Gasteiger partial charge in [0.2, 0.25) is 0 Å². The van der Waals surface area contributed by atoms with E-state index in [1.54, 1.807) is 19.2 Å². The fraction of sp³-hybridized carbons (Fsp3) is 0.550. The van der Waals surface area contributed by atoms with Gasteiger partial charge in [-0.1, -0.05) is 20.8 Å². The number of carboxylic acid groups (broad SMARTS) is 2. The highest BCUT2D eigenvalue weighted by Crippen LogP contribution is 2.31. The van der Waals surface area contributed by atoms with E-state index in [9.17, 15) is 24.1 Å². The number of rotatable bonds is 8. The van der Waals surface area contributed by atoms with E-state index < -0.39 is 37.9 Å². The first kappa shape index (κ1) is 31.3. The number of aromatic carboxylic acids is 1. The zero-order valence-electron chi connectivity index (χ0n) is 20.1. The summed E-state index contributed by atoms with van der Waals surface area (Å²) in [5.74, 6) is -2.23. The minimum Gasteiger partial charge on any atom is -0.480 e. The van der Waals surface area contributed by atoms with Gasteiger partial charge in [-0.3, -0.25) is 24.5 Å². The molecule has 0 aliphatic carbocycles. The van der Waals surface area contributed by atoms with E-state index in [1.165, 1.54) is 0 Å².